The van der Waals surface area contributed by atoms with Crippen LogP contribution in [-0.2, 0) is 16.0 Å². The van der Waals surface area contributed by atoms with Crippen LogP contribution < -0.4 is 9.47 Å². The van der Waals surface area contributed by atoms with Crippen molar-refractivity contribution in [2.24, 2.45) is 0 Å². The van der Waals surface area contributed by atoms with E-state index in [9.17, 15) is 4.79 Å². The van der Waals surface area contributed by atoms with E-state index in [0.717, 1.165) is 36.3 Å². The zero-order valence-corrected chi connectivity index (χ0v) is 21.9. The molecule has 0 spiro atoms. The number of ether oxygens (including phenoxy) is 3. The molecule has 0 aliphatic carbocycles. The second kappa shape index (κ2) is 16.4. The molecule has 0 fully saturated rings. The minimum Gasteiger partial charge on any atom is -0.455 e. The zero-order chi connectivity index (χ0) is 24.6. The molecule has 2 aliphatic rings. The van der Waals surface area contributed by atoms with Gasteiger partial charge in [-0.1, -0.05) is 76.0 Å². The fraction of sp³-hybridized carbons (Fsp3) is 0.645. The molecule has 0 saturated carbocycles. The lowest BCUT2D eigenvalue weighted by Crippen LogP contribution is -2.03. The summed E-state index contributed by atoms with van der Waals surface area (Å²) in [5.74, 6) is 1.68. The lowest BCUT2D eigenvalue weighted by Gasteiger charge is -2.04. The number of carbonyl (C=O) groups excluding carboxylic acids is 1. The minimum atomic E-state index is -0.106. The van der Waals surface area contributed by atoms with E-state index in [2.05, 4.69) is 24.3 Å². The van der Waals surface area contributed by atoms with Crippen LogP contribution in [-0.4, -0.2) is 18.9 Å². The van der Waals surface area contributed by atoms with Crippen LogP contribution in [0.3, 0.4) is 0 Å². The van der Waals surface area contributed by atoms with Gasteiger partial charge in [0.1, 0.15) is 6.10 Å². The monoisotopic (exact) mass is 482 g/mol. The van der Waals surface area contributed by atoms with Gasteiger partial charge in [0.2, 0.25) is 6.79 Å². The van der Waals surface area contributed by atoms with Crippen LogP contribution >= 0.6 is 0 Å². The number of rotatable bonds is 19. The third-order valence-corrected chi connectivity index (χ3v) is 7.00. The Morgan fingerprint density at radius 3 is 1.94 bits per heavy atom. The Morgan fingerprint density at radius 2 is 1.31 bits per heavy atom. The van der Waals surface area contributed by atoms with Crippen molar-refractivity contribution in [2.75, 3.05) is 6.79 Å². The Bertz CT molecular complexity index is 810. The number of esters is 1. The topological polar surface area (TPSA) is 44.8 Å². The van der Waals surface area contributed by atoms with Crippen LogP contribution in [0.4, 0.5) is 0 Å². The van der Waals surface area contributed by atoms with Gasteiger partial charge in [-0.2, -0.15) is 0 Å². The summed E-state index contributed by atoms with van der Waals surface area (Å²) in [6.07, 6.45) is 28.1. The summed E-state index contributed by atoms with van der Waals surface area (Å²) in [7, 11) is 0. The van der Waals surface area contributed by atoms with Crippen LogP contribution in [0.25, 0.3) is 0 Å². The number of carbonyl (C=O) groups is 1. The molecule has 35 heavy (non-hydrogen) atoms. The standard InChI is InChI=1S/C31H46O4/c1-26-23-28(31(32)35-26)20-18-16-14-12-10-8-6-4-2-3-5-7-9-11-13-15-17-19-27-21-22-29-30(24-27)34-25-33-29/h6,8,21-24,26H,2-5,7,9-20,25H2,1H3/b8-6-/t26-/m0/s1. The first-order valence-corrected chi connectivity index (χ1v) is 14.2. The largest absolute Gasteiger partial charge is 0.455 e. The maximum atomic E-state index is 11.6. The van der Waals surface area contributed by atoms with E-state index < -0.39 is 0 Å². The molecule has 3 rings (SSSR count). The summed E-state index contributed by atoms with van der Waals surface area (Å²) < 4.78 is 16.0. The molecule has 0 unspecified atom stereocenters. The van der Waals surface area contributed by atoms with Gasteiger partial charge in [-0.15, -0.1) is 0 Å². The van der Waals surface area contributed by atoms with Gasteiger partial charge in [-0.25, -0.2) is 4.79 Å². The highest BCUT2D eigenvalue weighted by atomic mass is 16.7. The minimum absolute atomic E-state index is 0.0304. The van der Waals surface area contributed by atoms with Gasteiger partial charge >= 0.3 is 5.97 Å². The van der Waals surface area contributed by atoms with Crippen LogP contribution in [0.15, 0.2) is 42.0 Å². The lowest BCUT2D eigenvalue weighted by atomic mass is 10.0. The number of benzene rings is 1. The number of cyclic esters (lactones) is 1. The van der Waals surface area contributed by atoms with Crippen molar-refractivity contribution in [1.29, 1.82) is 0 Å². The highest BCUT2D eigenvalue weighted by Gasteiger charge is 2.21. The van der Waals surface area contributed by atoms with E-state index in [1.54, 1.807) is 0 Å². The van der Waals surface area contributed by atoms with Gasteiger partial charge in [0, 0.05) is 5.57 Å². The molecule has 0 bridgehead atoms. The Kier molecular flexibility index (Phi) is 12.9. The number of fused-ring (bicyclic) bond motifs is 1. The Morgan fingerprint density at radius 1 is 0.743 bits per heavy atom. The van der Waals surface area contributed by atoms with Gasteiger partial charge in [0.15, 0.2) is 11.5 Å². The average molecular weight is 483 g/mol. The van der Waals surface area contributed by atoms with Crippen LogP contribution in [0.2, 0.25) is 0 Å². The van der Waals surface area contributed by atoms with Crippen LogP contribution in [0.1, 0.15) is 115 Å². The molecule has 194 valence electrons. The third-order valence-electron chi connectivity index (χ3n) is 7.00. The van der Waals surface area contributed by atoms with Crippen molar-refractivity contribution in [3.05, 3.63) is 47.6 Å². The number of unbranched alkanes of at least 4 members (excludes halogenated alkanes) is 13. The molecule has 0 N–H and O–H groups in total. The first-order valence-electron chi connectivity index (χ1n) is 14.2. The van der Waals surface area contributed by atoms with Gasteiger partial charge in [0.05, 0.1) is 0 Å². The van der Waals surface area contributed by atoms with E-state index in [4.69, 9.17) is 14.2 Å². The number of allylic oxidation sites excluding steroid dienone is 2. The second-order valence-corrected chi connectivity index (χ2v) is 10.1. The summed E-state index contributed by atoms with van der Waals surface area (Å²) in [6, 6.07) is 6.34. The number of hydrogen-bond donors (Lipinski definition) is 0. The number of hydrogen-bond acceptors (Lipinski definition) is 4. The Labute approximate surface area is 213 Å². The lowest BCUT2D eigenvalue weighted by molar-refractivity contribution is -0.139. The fourth-order valence-corrected chi connectivity index (χ4v) is 4.91. The quantitative estimate of drug-likeness (QED) is 0.112. The summed E-state index contributed by atoms with van der Waals surface area (Å²) in [5.41, 5.74) is 2.24. The summed E-state index contributed by atoms with van der Waals surface area (Å²) in [6.45, 7) is 2.28. The predicted octanol–water partition coefficient (Wildman–Crippen LogP) is 8.63. The molecule has 0 aromatic heterocycles. The van der Waals surface area contributed by atoms with Crippen molar-refractivity contribution in [2.45, 2.75) is 122 Å². The predicted molar refractivity (Wildman–Crippen MR) is 143 cm³/mol. The van der Waals surface area contributed by atoms with Crippen LogP contribution in [0.5, 0.6) is 11.5 Å². The molecule has 2 heterocycles. The Hall–Kier alpha value is -2.23. The fourth-order valence-electron chi connectivity index (χ4n) is 4.91. The summed E-state index contributed by atoms with van der Waals surface area (Å²) in [4.78, 5) is 11.6. The normalized spacial score (nSPS) is 16.8. The SMILES string of the molecule is C[C@H]1C=C(CCCCCC/C=C\CCCCCCCCCCCc2ccc3c(c2)OCO3)C(=O)O1. The van der Waals surface area contributed by atoms with E-state index in [1.807, 2.05) is 19.1 Å². The summed E-state index contributed by atoms with van der Waals surface area (Å²) in [5, 5.41) is 0. The molecule has 0 amide bonds. The second-order valence-electron chi connectivity index (χ2n) is 10.1. The highest BCUT2D eigenvalue weighted by molar-refractivity contribution is 5.90. The van der Waals surface area contributed by atoms with Gasteiger partial charge in [-0.3, -0.25) is 0 Å². The first-order chi connectivity index (χ1) is 17.2. The van der Waals surface area contributed by atoms with Crippen LogP contribution in [0, 0.1) is 0 Å². The molecule has 0 saturated heterocycles. The molecule has 1 atom stereocenters. The highest BCUT2D eigenvalue weighted by Crippen LogP contribution is 2.33. The van der Waals surface area contributed by atoms with E-state index in [-0.39, 0.29) is 12.1 Å². The molecule has 1 aromatic carbocycles. The molecular formula is C31H46O4. The summed E-state index contributed by atoms with van der Waals surface area (Å²) >= 11 is 0. The van der Waals surface area contributed by atoms with Crippen molar-refractivity contribution in [1.82, 2.24) is 0 Å². The van der Waals surface area contributed by atoms with Gasteiger partial charge in [0.25, 0.3) is 0 Å². The van der Waals surface area contributed by atoms with Gasteiger partial charge < -0.3 is 14.2 Å². The maximum absolute atomic E-state index is 11.6. The van der Waals surface area contributed by atoms with Crippen molar-refractivity contribution in [3.63, 3.8) is 0 Å². The van der Waals surface area contributed by atoms with E-state index in [1.165, 1.54) is 95.5 Å². The Balaban J connectivity index is 1.02. The first kappa shape index (κ1) is 27.4. The van der Waals surface area contributed by atoms with E-state index >= 15 is 0 Å². The molecule has 4 nitrogen and oxygen atoms in total. The molecule has 2 aliphatic heterocycles. The van der Waals surface area contributed by atoms with Crippen molar-refractivity contribution in [3.8, 4) is 11.5 Å². The van der Waals surface area contributed by atoms with Gasteiger partial charge in [-0.05, 0) is 82.1 Å². The van der Waals surface area contributed by atoms with Crippen molar-refractivity contribution < 1.29 is 19.0 Å². The maximum Gasteiger partial charge on any atom is 0.334 e. The molecule has 0 radical (unpaired) electrons. The van der Waals surface area contributed by atoms with E-state index in [0.29, 0.717) is 6.79 Å². The smallest absolute Gasteiger partial charge is 0.334 e. The molecule has 1 aromatic rings. The van der Waals surface area contributed by atoms with Crippen molar-refractivity contribution >= 4 is 5.97 Å². The molecular weight excluding hydrogens is 436 g/mol. The third kappa shape index (κ3) is 10.9. The molecule has 4 heteroatoms. The average Bonchev–Trinajstić information content (AvgIpc) is 3.45. The number of aryl methyl sites for hydroxylation is 1. The zero-order valence-electron chi connectivity index (χ0n) is 21.9.